The summed E-state index contributed by atoms with van der Waals surface area (Å²) in [5, 5.41) is 12.6. The van der Waals surface area contributed by atoms with Crippen molar-refractivity contribution in [2.45, 2.75) is 4.21 Å². The van der Waals surface area contributed by atoms with Crippen LogP contribution in [0, 0.1) is 0 Å². The number of hydrogen-bond donors (Lipinski definition) is 2. The van der Waals surface area contributed by atoms with Gasteiger partial charge in [-0.3, -0.25) is 4.72 Å². The molecule has 0 saturated carbocycles. The van der Waals surface area contributed by atoms with E-state index in [1.807, 2.05) is 24.3 Å². The lowest BCUT2D eigenvalue weighted by Gasteiger charge is -2.08. The van der Waals surface area contributed by atoms with Gasteiger partial charge in [0.1, 0.15) is 9.96 Å². The van der Waals surface area contributed by atoms with Gasteiger partial charge in [0.2, 0.25) is 0 Å². The third-order valence-corrected chi connectivity index (χ3v) is 5.78. The van der Waals surface area contributed by atoms with E-state index in [1.54, 1.807) is 30.7 Å². The Bertz CT molecular complexity index is 893. The molecule has 3 rings (SSSR count). The number of nitrogens with one attached hydrogen (secondary N) is 2. The Morgan fingerprint density at radius 1 is 1.00 bits per heavy atom. The van der Waals surface area contributed by atoms with Crippen LogP contribution >= 0.6 is 11.3 Å². The molecule has 2 aromatic heterocycles. The zero-order valence-electron chi connectivity index (χ0n) is 12.6. The van der Waals surface area contributed by atoms with E-state index in [0.29, 0.717) is 5.82 Å². The molecule has 7 nitrogen and oxygen atoms in total. The van der Waals surface area contributed by atoms with E-state index in [0.717, 1.165) is 22.8 Å². The summed E-state index contributed by atoms with van der Waals surface area (Å²) in [6, 6.07) is 13.7. The molecule has 0 saturated heterocycles. The maximum Gasteiger partial charge on any atom is 0.272 e. The number of aromatic nitrogens is 2. The van der Waals surface area contributed by atoms with E-state index < -0.39 is 10.0 Å². The molecule has 0 fully saturated rings. The fourth-order valence-corrected chi connectivity index (χ4v) is 3.87. The predicted octanol–water partition coefficient (Wildman–Crippen LogP) is 3.09. The summed E-state index contributed by atoms with van der Waals surface area (Å²) in [5.74, 6) is 1.41. The number of hydrogen-bond acceptors (Lipinski definition) is 7. The van der Waals surface area contributed by atoms with E-state index >= 15 is 0 Å². The van der Waals surface area contributed by atoms with Crippen LogP contribution in [0.15, 0.2) is 58.1 Å². The zero-order valence-corrected chi connectivity index (χ0v) is 14.3. The third-order valence-electron chi connectivity index (χ3n) is 3.03. The van der Waals surface area contributed by atoms with Crippen LogP contribution in [0.4, 0.5) is 17.3 Å². The highest BCUT2D eigenvalue weighted by molar-refractivity contribution is 7.94. The van der Waals surface area contributed by atoms with Gasteiger partial charge in [0.25, 0.3) is 10.0 Å². The molecule has 2 N–H and O–H groups in total. The number of sulfonamides is 1. The summed E-state index contributed by atoms with van der Waals surface area (Å²) in [7, 11) is -2.02. The molecule has 0 spiro atoms. The fraction of sp³-hybridized carbons (Fsp3) is 0.0667. The van der Waals surface area contributed by atoms with Crippen LogP contribution in [0.3, 0.4) is 0 Å². The highest BCUT2D eigenvalue weighted by Crippen LogP contribution is 2.21. The number of ether oxygens (including phenoxy) is 1. The third kappa shape index (κ3) is 3.81. The first-order valence-corrected chi connectivity index (χ1v) is 9.24. The highest BCUT2D eigenvalue weighted by Gasteiger charge is 2.15. The van der Waals surface area contributed by atoms with Gasteiger partial charge in [0, 0.05) is 5.69 Å². The molecule has 0 aliphatic carbocycles. The van der Waals surface area contributed by atoms with E-state index in [1.165, 1.54) is 6.07 Å². The Hall–Kier alpha value is -2.65. The minimum atomic E-state index is -3.62. The normalized spacial score (nSPS) is 11.0. The molecule has 0 aliphatic rings. The van der Waals surface area contributed by atoms with E-state index in [4.69, 9.17) is 4.74 Å². The Labute approximate surface area is 143 Å². The molecular weight excluding hydrogens is 348 g/mol. The van der Waals surface area contributed by atoms with Crippen LogP contribution in [0.1, 0.15) is 0 Å². The molecule has 124 valence electrons. The Balaban J connectivity index is 1.69. The number of rotatable bonds is 6. The molecular formula is C15H14N4O3S2. The number of methoxy groups -OCH3 is 1. The lowest BCUT2D eigenvalue weighted by atomic mass is 10.3. The molecule has 0 aliphatic heterocycles. The Morgan fingerprint density at radius 2 is 1.71 bits per heavy atom. The number of benzene rings is 1. The SMILES string of the molecule is COc1ccc(Nc2ccc(NS(=O)(=O)c3cccs3)nn2)cc1. The topological polar surface area (TPSA) is 93.2 Å². The van der Waals surface area contributed by atoms with Gasteiger partial charge in [-0.1, -0.05) is 6.07 Å². The van der Waals surface area contributed by atoms with Gasteiger partial charge in [-0.05, 0) is 47.8 Å². The fourth-order valence-electron chi connectivity index (χ4n) is 1.88. The molecule has 0 radical (unpaired) electrons. The van der Waals surface area contributed by atoms with Gasteiger partial charge in [0.15, 0.2) is 11.6 Å². The summed E-state index contributed by atoms with van der Waals surface area (Å²) in [6.07, 6.45) is 0. The first-order chi connectivity index (χ1) is 11.6. The predicted molar refractivity (Wildman–Crippen MR) is 93.4 cm³/mol. The zero-order chi connectivity index (χ0) is 17.0. The highest BCUT2D eigenvalue weighted by atomic mass is 32.2. The van der Waals surface area contributed by atoms with Crippen molar-refractivity contribution in [2.24, 2.45) is 0 Å². The maximum atomic E-state index is 12.1. The van der Waals surface area contributed by atoms with Crippen LogP contribution in [0.5, 0.6) is 5.75 Å². The van der Waals surface area contributed by atoms with Crippen molar-refractivity contribution in [2.75, 3.05) is 17.1 Å². The molecule has 0 bridgehead atoms. The molecule has 0 amide bonds. The number of nitrogens with zero attached hydrogens (tertiary/aromatic N) is 2. The average Bonchev–Trinajstić information content (AvgIpc) is 3.13. The molecule has 0 unspecified atom stereocenters. The average molecular weight is 362 g/mol. The van der Waals surface area contributed by atoms with Crippen molar-refractivity contribution in [3.05, 3.63) is 53.9 Å². The van der Waals surface area contributed by atoms with Crippen LogP contribution in [-0.4, -0.2) is 25.7 Å². The monoisotopic (exact) mass is 362 g/mol. The summed E-state index contributed by atoms with van der Waals surface area (Å²) in [6.45, 7) is 0. The largest absolute Gasteiger partial charge is 0.497 e. The smallest absolute Gasteiger partial charge is 0.272 e. The van der Waals surface area contributed by atoms with Crippen molar-refractivity contribution in [3.63, 3.8) is 0 Å². The molecule has 2 heterocycles. The van der Waals surface area contributed by atoms with Crippen molar-refractivity contribution in [3.8, 4) is 5.75 Å². The lowest BCUT2D eigenvalue weighted by Crippen LogP contribution is -2.13. The van der Waals surface area contributed by atoms with Gasteiger partial charge in [-0.2, -0.15) is 0 Å². The molecule has 1 aromatic carbocycles. The van der Waals surface area contributed by atoms with Crippen molar-refractivity contribution >= 4 is 38.7 Å². The van der Waals surface area contributed by atoms with Gasteiger partial charge in [-0.15, -0.1) is 21.5 Å². The lowest BCUT2D eigenvalue weighted by molar-refractivity contribution is 0.415. The van der Waals surface area contributed by atoms with Crippen LogP contribution in [0.25, 0.3) is 0 Å². The minimum Gasteiger partial charge on any atom is -0.497 e. The van der Waals surface area contributed by atoms with E-state index in [2.05, 4.69) is 20.2 Å². The minimum absolute atomic E-state index is 0.156. The van der Waals surface area contributed by atoms with Crippen molar-refractivity contribution in [1.29, 1.82) is 0 Å². The van der Waals surface area contributed by atoms with Crippen LogP contribution in [0.2, 0.25) is 0 Å². The second kappa shape index (κ2) is 6.85. The summed E-state index contributed by atoms with van der Waals surface area (Å²) in [5.41, 5.74) is 0.817. The van der Waals surface area contributed by atoms with Gasteiger partial charge in [-0.25, -0.2) is 8.42 Å². The molecule has 0 atom stereocenters. The second-order valence-corrected chi connectivity index (χ2v) is 7.55. The van der Waals surface area contributed by atoms with E-state index in [9.17, 15) is 8.42 Å². The van der Waals surface area contributed by atoms with Crippen LogP contribution in [-0.2, 0) is 10.0 Å². The molecule has 9 heteroatoms. The van der Waals surface area contributed by atoms with Crippen molar-refractivity contribution in [1.82, 2.24) is 10.2 Å². The summed E-state index contributed by atoms with van der Waals surface area (Å²) < 4.78 is 31.9. The van der Waals surface area contributed by atoms with Gasteiger partial charge < -0.3 is 10.1 Å². The summed E-state index contributed by atoms with van der Waals surface area (Å²) in [4.78, 5) is 0. The molecule has 24 heavy (non-hydrogen) atoms. The van der Waals surface area contributed by atoms with Gasteiger partial charge in [0.05, 0.1) is 7.11 Å². The van der Waals surface area contributed by atoms with Crippen molar-refractivity contribution < 1.29 is 13.2 Å². The standard InChI is InChI=1S/C15H14N4O3S2/c1-22-12-6-4-11(5-7-12)16-13-8-9-14(18-17-13)19-24(20,21)15-3-2-10-23-15/h2-10H,1H3,(H,16,17)(H,18,19). The quantitative estimate of drug-likeness (QED) is 0.700. The number of thiophene rings is 1. The molecule has 3 aromatic rings. The van der Waals surface area contributed by atoms with Gasteiger partial charge >= 0.3 is 0 Å². The Morgan fingerprint density at radius 3 is 2.29 bits per heavy atom. The maximum absolute atomic E-state index is 12.1. The Kier molecular flexibility index (Phi) is 4.63. The van der Waals surface area contributed by atoms with E-state index in [-0.39, 0.29) is 10.0 Å². The van der Waals surface area contributed by atoms with Crippen LogP contribution < -0.4 is 14.8 Å². The first-order valence-electron chi connectivity index (χ1n) is 6.88. The number of anilines is 3. The summed E-state index contributed by atoms with van der Waals surface area (Å²) >= 11 is 1.14. The second-order valence-electron chi connectivity index (χ2n) is 4.69. The first kappa shape index (κ1) is 16.2.